The highest BCUT2D eigenvalue weighted by molar-refractivity contribution is 8.23. The van der Waals surface area contributed by atoms with Gasteiger partial charge in [0.25, 0.3) is 0 Å². The highest BCUT2D eigenvalue weighted by Gasteiger charge is 2.32. The Labute approximate surface area is 152 Å². The second-order valence-electron chi connectivity index (χ2n) is 5.65. The van der Waals surface area contributed by atoms with Crippen molar-refractivity contribution >= 4 is 45.7 Å². The molecule has 0 atom stereocenters. The van der Waals surface area contributed by atoms with Gasteiger partial charge in [-0.1, -0.05) is 35.6 Å². The number of alkyl halides is 3. The van der Waals surface area contributed by atoms with Gasteiger partial charge in [-0.25, -0.2) is 4.98 Å². The Hall–Kier alpha value is -0.770. The smallest absolute Gasteiger partial charge is 0.353 e. The van der Waals surface area contributed by atoms with Crippen LogP contribution < -0.4 is 4.90 Å². The molecule has 132 valence electrons. The summed E-state index contributed by atoms with van der Waals surface area (Å²) in [6.07, 6.45) is -3.59. The minimum absolute atomic E-state index is 0.0374. The van der Waals surface area contributed by atoms with Crippen LogP contribution in [-0.2, 0) is 6.18 Å². The first-order valence-corrected chi connectivity index (χ1v) is 9.23. The van der Waals surface area contributed by atoms with Gasteiger partial charge >= 0.3 is 6.18 Å². The number of anilines is 1. The zero-order valence-electron chi connectivity index (χ0n) is 12.7. The third kappa shape index (κ3) is 4.07. The quantitative estimate of drug-likeness (QED) is 0.727. The van der Waals surface area contributed by atoms with Gasteiger partial charge in [0.05, 0.1) is 17.3 Å². The first kappa shape index (κ1) is 18.0. The Morgan fingerprint density at radius 2 is 1.92 bits per heavy atom. The lowest BCUT2D eigenvalue weighted by atomic mass is 10.2. The summed E-state index contributed by atoms with van der Waals surface area (Å²) in [5.41, 5.74) is -0.824. The maximum absolute atomic E-state index is 12.7. The van der Waals surface area contributed by atoms with Crippen molar-refractivity contribution in [1.29, 1.82) is 0 Å². The average molecular weight is 397 g/mol. The van der Waals surface area contributed by atoms with E-state index in [1.54, 1.807) is 11.8 Å². The van der Waals surface area contributed by atoms with E-state index in [1.807, 2.05) is 4.90 Å². The molecule has 0 spiro atoms. The lowest BCUT2D eigenvalue weighted by molar-refractivity contribution is -0.137. The molecule has 4 nitrogen and oxygen atoms in total. The Kier molecular flexibility index (Phi) is 5.43. The summed E-state index contributed by atoms with van der Waals surface area (Å²) >= 11 is 13.0. The van der Waals surface area contributed by atoms with Gasteiger partial charge in [-0.15, -0.1) is 0 Å². The predicted octanol–water partition coefficient (Wildman–Crippen LogP) is 3.17. The number of rotatable bonds is 3. The number of hydrogen-bond acceptors (Lipinski definition) is 5. The first-order chi connectivity index (χ1) is 11.3. The van der Waals surface area contributed by atoms with Crippen LogP contribution in [0.25, 0.3) is 0 Å². The second kappa shape index (κ2) is 7.23. The van der Waals surface area contributed by atoms with E-state index in [0.717, 1.165) is 48.6 Å². The van der Waals surface area contributed by atoms with Gasteiger partial charge in [-0.2, -0.15) is 13.2 Å². The lowest BCUT2D eigenvalue weighted by Gasteiger charge is -2.37. The summed E-state index contributed by atoms with van der Waals surface area (Å²) in [7, 11) is 0. The molecular weight excluding hydrogens is 381 g/mol. The molecular formula is C14H16ClF3N4S2. The number of aromatic nitrogens is 1. The van der Waals surface area contributed by atoms with E-state index in [4.69, 9.17) is 23.8 Å². The molecule has 3 rings (SSSR count). The van der Waals surface area contributed by atoms with Crippen LogP contribution in [0, 0.1) is 0 Å². The number of thioether (sulfide) groups is 1. The molecule has 2 fully saturated rings. The number of piperazine rings is 1. The molecule has 0 aromatic carbocycles. The van der Waals surface area contributed by atoms with Crippen LogP contribution in [0.5, 0.6) is 0 Å². The molecule has 2 saturated heterocycles. The van der Waals surface area contributed by atoms with Gasteiger partial charge in [-0.05, 0) is 6.07 Å². The van der Waals surface area contributed by atoms with E-state index in [0.29, 0.717) is 18.9 Å². The zero-order chi connectivity index (χ0) is 17.3. The van der Waals surface area contributed by atoms with Crippen molar-refractivity contribution in [3.8, 4) is 0 Å². The van der Waals surface area contributed by atoms with E-state index >= 15 is 0 Å². The van der Waals surface area contributed by atoms with Crippen molar-refractivity contribution in [2.24, 2.45) is 0 Å². The molecule has 2 aliphatic rings. The fraction of sp³-hybridized carbons (Fsp3) is 0.571. The SMILES string of the molecule is FC(F)(F)c1cnc(N2CCN(CN3CCSC3=S)CC2)c(Cl)c1. The van der Waals surface area contributed by atoms with E-state index in [2.05, 4.69) is 14.8 Å². The third-order valence-electron chi connectivity index (χ3n) is 4.04. The van der Waals surface area contributed by atoms with E-state index in [1.165, 1.54) is 0 Å². The number of hydrogen-bond donors (Lipinski definition) is 0. The van der Waals surface area contributed by atoms with Crippen LogP contribution in [0.2, 0.25) is 5.02 Å². The molecule has 0 saturated carbocycles. The van der Waals surface area contributed by atoms with E-state index in [9.17, 15) is 13.2 Å². The Balaban J connectivity index is 1.59. The first-order valence-electron chi connectivity index (χ1n) is 7.46. The molecule has 1 aromatic rings. The Morgan fingerprint density at radius 3 is 2.46 bits per heavy atom. The van der Waals surface area contributed by atoms with Crippen LogP contribution in [0.3, 0.4) is 0 Å². The summed E-state index contributed by atoms with van der Waals surface area (Å²) in [6, 6.07) is 0.941. The van der Waals surface area contributed by atoms with Crippen LogP contribution in [0.4, 0.5) is 19.0 Å². The topological polar surface area (TPSA) is 22.6 Å². The molecule has 0 aliphatic carbocycles. The van der Waals surface area contributed by atoms with Crippen LogP contribution in [-0.4, -0.2) is 64.2 Å². The second-order valence-corrected chi connectivity index (χ2v) is 7.79. The standard InChI is InChI=1S/C14H16ClF3N4S2/c15-11-7-10(14(16,17)18)8-19-12(11)21-3-1-20(2-4-21)9-22-5-6-24-13(22)23/h7-8H,1-6,9H2. The Morgan fingerprint density at radius 1 is 1.21 bits per heavy atom. The highest BCUT2D eigenvalue weighted by atomic mass is 35.5. The summed E-state index contributed by atoms with van der Waals surface area (Å²) in [5.74, 6) is 1.45. The normalized spacial score (nSPS) is 20.1. The number of nitrogens with zero attached hydrogens (tertiary/aromatic N) is 4. The Bertz CT molecular complexity index is 621. The largest absolute Gasteiger partial charge is 0.417 e. The van der Waals surface area contributed by atoms with Crippen molar-refractivity contribution in [3.63, 3.8) is 0 Å². The van der Waals surface area contributed by atoms with Gasteiger partial charge in [0, 0.05) is 44.7 Å². The number of thiocarbonyl (C=S) groups is 1. The van der Waals surface area contributed by atoms with Gasteiger partial charge in [0.15, 0.2) is 0 Å². The molecule has 1 aromatic heterocycles. The molecule has 0 N–H and O–H groups in total. The van der Waals surface area contributed by atoms with Gasteiger partial charge in [0.1, 0.15) is 10.1 Å². The molecule has 0 bridgehead atoms. The van der Waals surface area contributed by atoms with Crippen molar-refractivity contribution in [1.82, 2.24) is 14.8 Å². The minimum Gasteiger partial charge on any atom is -0.353 e. The summed E-state index contributed by atoms with van der Waals surface area (Å²) in [5, 5.41) is 0.0374. The minimum atomic E-state index is -4.43. The highest BCUT2D eigenvalue weighted by Crippen LogP contribution is 2.33. The van der Waals surface area contributed by atoms with Crippen LogP contribution >= 0.6 is 35.6 Å². The molecule has 10 heteroatoms. The van der Waals surface area contributed by atoms with Gasteiger partial charge in [-0.3, -0.25) is 4.90 Å². The maximum Gasteiger partial charge on any atom is 0.417 e. The molecule has 3 heterocycles. The average Bonchev–Trinajstić information content (AvgIpc) is 2.92. The van der Waals surface area contributed by atoms with Crippen molar-refractivity contribution in [2.75, 3.05) is 50.0 Å². The monoisotopic (exact) mass is 396 g/mol. The fourth-order valence-corrected chi connectivity index (χ4v) is 4.22. The summed E-state index contributed by atoms with van der Waals surface area (Å²) in [4.78, 5) is 10.3. The number of pyridine rings is 1. The molecule has 0 unspecified atom stereocenters. The molecule has 24 heavy (non-hydrogen) atoms. The van der Waals surface area contributed by atoms with Crippen LogP contribution in [0.1, 0.15) is 5.56 Å². The molecule has 0 amide bonds. The molecule has 0 radical (unpaired) electrons. The third-order valence-corrected chi connectivity index (χ3v) is 5.82. The number of halogens is 4. The van der Waals surface area contributed by atoms with Crippen LogP contribution in [0.15, 0.2) is 12.3 Å². The lowest BCUT2D eigenvalue weighted by Crippen LogP contribution is -2.50. The summed E-state index contributed by atoms with van der Waals surface area (Å²) < 4.78 is 39.0. The van der Waals surface area contributed by atoms with Crippen molar-refractivity contribution < 1.29 is 13.2 Å². The predicted molar refractivity (Wildman–Crippen MR) is 94.7 cm³/mol. The van der Waals surface area contributed by atoms with Crippen molar-refractivity contribution in [3.05, 3.63) is 22.8 Å². The fourth-order valence-electron chi connectivity index (χ4n) is 2.72. The van der Waals surface area contributed by atoms with Crippen molar-refractivity contribution in [2.45, 2.75) is 6.18 Å². The maximum atomic E-state index is 12.7. The summed E-state index contributed by atoms with van der Waals surface area (Å²) in [6.45, 7) is 4.70. The van der Waals surface area contributed by atoms with Gasteiger partial charge < -0.3 is 9.80 Å². The van der Waals surface area contributed by atoms with E-state index in [-0.39, 0.29) is 5.02 Å². The molecule has 2 aliphatic heterocycles. The van der Waals surface area contributed by atoms with E-state index < -0.39 is 11.7 Å². The zero-order valence-corrected chi connectivity index (χ0v) is 15.1. The van der Waals surface area contributed by atoms with Gasteiger partial charge in [0.2, 0.25) is 0 Å².